The molecule has 0 bridgehead atoms. The molecule has 1 unspecified atom stereocenters. The fraction of sp³-hybridized carbons (Fsp3) is 0.333. The van der Waals surface area contributed by atoms with E-state index in [4.69, 9.17) is 0 Å². The van der Waals surface area contributed by atoms with E-state index in [1.807, 2.05) is 55.5 Å². The lowest BCUT2D eigenvalue weighted by molar-refractivity contribution is -0.128. The Balaban J connectivity index is 1.61. The van der Waals surface area contributed by atoms with Crippen LogP contribution in [0.4, 0.5) is 5.69 Å². The summed E-state index contributed by atoms with van der Waals surface area (Å²) in [6.45, 7) is 5.17. The summed E-state index contributed by atoms with van der Waals surface area (Å²) in [5.74, 6) is -0.320. The smallest absolute Gasteiger partial charge is 0.229 e. The van der Waals surface area contributed by atoms with Crippen LogP contribution >= 0.6 is 0 Å². The van der Waals surface area contributed by atoms with Gasteiger partial charge in [-0.25, -0.2) is 0 Å². The first-order chi connectivity index (χ1) is 12.0. The van der Waals surface area contributed by atoms with Crippen molar-refractivity contribution in [1.29, 1.82) is 0 Å². The molecule has 0 spiro atoms. The molecule has 4 nitrogen and oxygen atoms in total. The van der Waals surface area contributed by atoms with Crippen LogP contribution < -0.4 is 5.32 Å². The van der Waals surface area contributed by atoms with Gasteiger partial charge in [0.05, 0.1) is 5.92 Å². The number of hydrogen-bond acceptors (Lipinski definition) is 2. The first kappa shape index (κ1) is 17.2. The highest BCUT2D eigenvalue weighted by Gasteiger charge is 2.34. The molecule has 1 atom stereocenters. The number of amides is 2. The number of carbonyl (C=O) groups is 2. The molecule has 0 aromatic heterocycles. The Morgan fingerprint density at radius 1 is 1.16 bits per heavy atom. The van der Waals surface area contributed by atoms with Crippen LogP contribution in [0.1, 0.15) is 30.0 Å². The second-order valence-corrected chi connectivity index (χ2v) is 6.70. The van der Waals surface area contributed by atoms with Crippen LogP contribution in [0.3, 0.4) is 0 Å². The highest BCUT2D eigenvalue weighted by atomic mass is 16.2. The van der Waals surface area contributed by atoms with Gasteiger partial charge >= 0.3 is 0 Å². The van der Waals surface area contributed by atoms with E-state index in [1.54, 1.807) is 4.90 Å². The SMILES string of the molecule is CCc1cccc(NC(=O)C2CC(=O)N(Cc3ccc(C)cc3)C2)c1. The second kappa shape index (κ2) is 7.51. The van der Waals surface area contributed by atoms with Crippen molar-refractivity contribution in [3.63, 3.8) is 0 Å². The van der Waals surface area contributed by atoms with E-state index in [0.29, 0.717) is 13.1 Å². The summed E-state index contributed by atoms with van der Waals surface area (Å²) in [5, 5.41) is 2.95. The molecule has 4 heteroatoms. The molecule has 1 aliphatic heterocycles. The van der Waals surface area contributed by atoms with Gasteiger partial charge in [-0.15, -0.1) is 0 Å². The largest absolute Gasteiger partial charge is 0.338 e. The Kier molecular flexibility index (Phi) is 5.17. The number of benzene rings is 2. The van der Waals surface area contributed by atoms with Gasteiger partial charge in [-0.3, -0.25) is 9.59 Å². The van der Waals surface area contributed by atoms with Crippen molar-refractivity contribution in [2.45, 2.75) is 33.2 Å². The maximum atomic E-state index is 12.5. The highest BCUT2D eigenvalue weighted by molar-refractivity contribution is 5.97. The van der Waals surface area contributed by atoms with E-state index in [2.05, 4.69) is 12.2 Å². The predicted octanol–water partition coefficient (Wildman–Crippen LogP) is 3.54. The van der Waals surface area contributed by atoms with Crippen LogP contribution in [0.5, 0.6) is 0 Å². The van der Waals surface area contributed by atoms with Crippen LogP contribution in [-0.2, 0) is 22.6 Å². The standard InChI is InChI=1S/C21H24N2O2/c1-3-16-5-4-6-19(11-16)22-21(25)18-12-20(24)23(14-18)13-17-9-7-15(2)8-10-17/h4-11,18H,3,12-14H2,1-2H3,(H,22,25). The van der Waals surface area contributed by atoms with Crippen molar-refractivity contribution >= 4 is 17.5 Å². The Labute approximate surface area is 148 Å². The number of nitrogens with one attached hydrogen (secondary N) is 1. The minimum Gasteiger partial charge on any atom is -0.338 e. The van der Waals surface area contributed by atoms with Crippen molar-refractivity contribution in [2.75, 3.05) is 11.9 Å². The number of likely N-dealkylation sites (tertiary alicyclic amines) is 1. The zero-order valence-electron chi connectivity index (χ0n) is 14.8. The van der Waals surface area contributed by atoms with Gasteiger partial charge < -0.3 is 10.2 Å². The average molecular weight is 336 g/mol. The number of aryl methyl sites for hydroxylation is 2. The predicted molar refractivity (Wildman–Crippen MR) is 99.2 cm³/mol. The summed E-state index contributed by atoms with van der Waals surface area (Å²) in [5.41, 5.74) is 4.27. The molecule has 0 aliphatic carbocycles. The van der Waals surface area contributed by atoms with Gasteiger partial charge in [0.2, 0.25) is 11.8 Å². The lowest BCUT2D eigenvalue weighted by Gasteiger charge is -2.17. The van der Waals surface area contributed by atoms with Gasteiger partial charge in [0.25, 0.3) is 0 Å². The summed E-state index contributed by atoms with van der Waals surface area (Å²) in [4.78, 5) is 26.5. The molecular formula is C21H24N2O2. The minimum absolute atomic E-state index is 0.0445. The van der Waals surface area contributed by atoms with Crippen LogP contribution in [0, 0.1) is 12.8 Å². The van der Waals surface area contributed by atoms with E-state index in [1.165, 1.54) is 11.1 Å². The molecule has 1 heterocycles. The molecule has 2 aromatic rings. The third-order valence-corrected chi connectivity index (χ3v) is 4.68. The van der Waals surface area contributed by atoms with Gasteiger partial charge in [0, 0.05) is 25.2 Å². The lowest BCUT2D eigenvalue weighted by Crippen LogP contribution is -2.28. The minimum atomic E-state index is -0.289. The van der Waals surface area contributed by atoms with Crippen molar-refractivity contribution in [3.8, 4) is 0 Å². The molecule has 1 fully saturated rings. The molecule has 0 saturated carbocycles. The molecule has 0 radical (unpaired) electrons. The third kappa shape index (κ3) is 4.27. The molecule has 2 amide bonds. The summed E-state index contributed by atoms with van der Waals surface area (Å²) in [6, 6.07) is 16.0. The molecule has 130 valence electrons. The van der Waals surface area contributed by atoms with Crippen molar-refractivity contribution in [2.24, 2.45) is 5.92 Å². The van der Waals surface area contributed by atoms with Gasteiger partial charge in [-0.1, -0.05) is 48.9 Å². The van der Waals surface area contributed by atoms with Crippen LogP contribution in [0.2, 0.25) is 0 Å². The van der Waals surface area contributed by atoms with E-state index < -0.39 is 0 Å². The van der Waals surface area contributed by atoms with Gasteiger partial charge in [0.1, 0.15) is 0 Å². The Hall–Kier alpha value is -2.62. The third-order valence-electron chi connectivity index (χ3n) is 4.68. The first-order valence-electron chi connectivity index (χ1n) is 8.78. The Morgan fingerprint density at radius 2 is 1.92 bits per heavy atom. The normalized spacial score (nSPS) is 17.0. The van der Waals surface area contributed by atoms with Crippen LogP contribution in [0.15, 0.2) is 48.5 Å². The molecule has 1 saturated heterocycles. The first-order valence-corrected chi connectivity index (χ1v) is 8.78. The topological polar surface area (TPSA) is 49.4 Å². The summed E-state index contributed by atoms with van der Waals surface area (Å²) in [6.07, 6.45) is 1.21. The Morgan fingerprint density at radius 3 is 2.64 bits per heavy atom. The van der Waals surface area contributed by atoms with Crippen LogP contribution in [0.25, 0.3) is 0 Å². The maximum absolute atomic E-state index is 12.5. The second-order valence-electron chi connectivity index (χ2n) is 6.70. The number of anilines is 1. The quantitative estimate of drug-likeness (QED) is 0.908. The molecule has 3 rings (SSSR count). The van der Waals surface area contributed by atoms with E-state index in [-0.39, 0.29) is 24.2 Å². The summed E-state index contributed by atoms with van der Waals surface area (Å²) in [7, 11) is 0. The fourth-order valence-corrected chi connectivity index (χ4v) is 3.13. The lowest BCUT2D eigenvalue weighted by atomic mass is 10.1. The monoisotopic (exact) mass is 336 g/mol. The molecule has 1 aliphatic rings. The molecule has 1 N–H and O–H groups in total. The van der Waals surface area contributed by atoms with E-state index >= 15 is 0 Å². The summed E-state index contributed by atoms with van der Waals surface area (Å²) >= 11 is 0. The fourth-order valence-electron chi connectivity index (χ4n) is 3.13. The van der Waals surface area contributed by atoms with Crippen molar-refractivity contribution in [3.05, 3.63) is 65.2 Å². The average Bonchev–Trinajstić information content (AvgIpc) is 2.98. The number of nitrogens with zero attached hydrogens (tertiary/aromatic N) is 1. The number of hydrogen-bond donors (Lipinski definition) is 1. The van der Waals surface area contributed by atoms with Crippen LogP contribution in [-0.4, -0.2) is 23.3 Å². The summed E-state index contributed by atoms with van der Waals surface area (Å²) < 4.78 is 0. The van der Waals surface area contributed by atoms with Crippen molar-refractivity contribution < 1.29 is 9.59 Å². The van der Waals surface area contributed by atoms with Gasteiger partial charge in [-0.05, 0) is 36.6 Å². The molecule has 2 aromatic carbocycles. The highest BCUT2D eigenvalue weighted by Crippen LogP contribution is 2.22. The number of rotatable bonds is 5. The zero-order valence-corrected chi connectivity index (χ0v) is 14.8. The van der Waals surface area contributed by atoms with Gasteiger partial charge in [-0.2, -0.15) is 0 Å². The van der Waals surface area contributed by atoms with E-state index in [9.17, 15) is 9.59 Å². The maximum Gasteiger partial charge on any atom is 0.229 e. The van der Waals surface area contributed by atoms with Gasteiger partial charge in [0.15, 0.2) is 0 Å². The van der Waals surface area contributed by atoms with E-state index in [0.717, 1.165) is 17.7 Å². The zero-order chi connectivity index (χ0) is 17.8. The van der Waals surface area contributed by atoms with Crippen molar-refractivity contribution in [1.82, 2.24) is 4.90 Å². The number of carbonyl (C=O) groups excluding carboxylic acids is 2. The Bertz CT molecular complexity index is 768. The molecule has 25 heavy (non-hydrogen) atoms. The molecular weight excluding hydrogens is 312 g/mol.